The normalized spacial score (nSPS) is 13.3. The summed E-state index contributed by atoms with van der Waals surface area (Å²) >= 11 is -0.0789. The summed E-state index contributed by atoms with van der Waals surface area (Å²) in [6.45, 7) is 0. The minimum absolute atomic E-state index is 0.0789. The Labute approximate surface area is 74.0 Å². The number of phenolic OH excluding ortho intramolecular Hbond substituents is 1. The molecule has 60 valence electrons. The van der Waals surface area contributed by atoms with Crippen molar-refractivity contribution in [3.63, 3.8) is 0 Å². The van der Waals surface area contributed by atoms with E-state index in [0.717, 1.165) is 16.2 Å². The maximum absolute atomic E-state index is 9.58. The molecule has 1 aromatic carbocycles. The Morgan fingerprint density at radius 3 is 3.08 bits per heavy atom. The van der Waals surface area contributed by atoms with Gasteiger partial charge in [0.25, 0.3) is 0 Å². The van der Waals surface area contributed by atoms with Crippen LogP contribution in [0.25, 0.3) is 9.78 Å². The standard InChI is InChI=1S/C8H5NO2Se/c10-7-4-1-3(4)2-5-6(7)9-8(11)12-5/h2,10H,1H2,(H,9,11). The Hall–Kier alpha value is -0.991. The number of rotatable bonds is 0. The van der Waals surface area contributed by atoms with Crippen molar-refractivity contribution in [3.8, 4) is 10.5 Å². The van der Waals surface area contributed by atoms with E-state index in [-0.39, 0.29) is 25.0 Å². The Morgan fingerprint density at radius 2 is 2.25 bits per heavy atom. The Balaban J connectivity index is 2.52. The molecule has 0 fully saturated rings. The molecule has 0 saturated carbocycles. The Bertz CT molecular complexity index is 489. The molecule has 0 saturated heterocycles. The predicted octanol–water partition coefficient (Wildman–Crippen LogP) is 0.607. The third kappa shape index (κ3) is 0.687. The van der Waals surface area contributed by atoms with Crippen LogP contribution in [0.3, 0.4) is 0 Å². The van der Waals surface area contributed by atoms with Crippen LogP contribution in [-0.4, -0.2) is 29.7 Å². The van der Waals surface area contributed by atoms with Crippen LogP contribution in [-0.2, 0) is 6.42 Å². The first-order valence-electron chi connectivity index (χ1n) is 3.59. The predicted molar refractivity (Wildman–Crippen MR) is 44.8 cm³/mol. The summed E-state index contributed by atoms with van der Waals surface area (Å²) in [5, 5.41) is 18.7. The van der Waals surface area contributed by atoms with Crippen molar-refractivity contribution in [1.29, 1.82) is 0 Å². The molecular weight excluding hydrogens is 221 g/mol. The molecule has 2 aromatic rings. The van der Waals surface area contributed by atoms with Gasteiger partial charge in [-0.2, -0.15) is 0 Å². The van der Waals surface area contributed by atoms with Crippen LogP contribution in [0, 0.1) is 0 Å². The van der Waals surface area contributed by atoms with E-state index in [0.29, 0.717) is 5.52 Å². The molecule has 1 heterocycles. The van der Waals surface area contributed by atoms with Crippen molar-refractivity contribution in [1.82, 2.24) is 4.98 Å². The van der Waals surface area contributed by atoms with Gasteiger partial charge in [0.15, 0.2) is 0 Å². The summed E-state index contributed by atoms with van der Waals surface area (Å²) in [6, 6.07) is 2.04. The molecule has 4 heteroatoms. The fraction of sp³-hybridized carbons (Fsp3) is 0.125. The molecule has 0 spiro atoms. The third-order valence-corrected chi connectivity index (χ3v) is 3.78. The van der Waals surface area contributed by atoms with Crippen molar-refractivity contribution >= 4 is 24.3 Å². The Morgan fingerprint density at radius 1 is 1.42 bits per heavy atom. The quantitative estimate of drug-likeness (QED) is 0.552. The second-order valence-corrected chi connectivity index (χ2v) is 5.00. The van der Waals surface area contributed by atoms with E-state index in [4.69, 9.17) is 5.11 Å². The molecule has 0 atom stereocenters. The van der Waals surface area contributed by atoms with E-state index in [1.165, 1.54) is 5.56 Å². The zero-order valence-corrected chi connectivity index (χ0v) is 7.75. The average Bonchev–Trinajstić information content (AvgIpc) is 2.67. The fourth-order valence-corrected chi connectivity index (χ4v) is 3.03. The monoisotopic (exact) mass is 227 g/mol. The molecule has 1 aliphatic rings. The van der Waals surface area contributed by atoms with E-state index >= 15 is 0 Å². The molecule has 12 heavy (non-hydrogen) atoms. The number of fused-ring (bicyclic) bond motifs is 2. The number of nitrogens with zero attached hydrogens (tertiary/aromatic N) is 1. The van der Waals surface area contributed by atoms with E-state index in [2.05, 4.69) is 4.98 Å². The van der Waals surface area contributed by atoms with Crippen LogP contribution in [0.15, 0.2) is 6.07 Å². The molecule has 1 aromatic heterocycles. The maximum atomic E-state index is 9.58. The summed E-state index contributed by atoms with van der Waals surface area (Å²) in [4.78, 5) is 3.90. The van der Waals surface area contributed by atoms with Crippen LogP contribution >= 0.6 is 0 Å². The molecule has 0 unspecified atom stereocenters. The number of benzene rings is 1. The molecule has 3 rings (SSSR count). The van der Waals surface area contributed by atoms with Gasteiger partial charge in [0.1, 0.15) is 0 Å². The van der Waals surface area contributed by atoms with Gasteiger partial charge >= 0.3 is 73.6 Å². The average molecular weight is 226 g/mol. The van der Waals surface area contributed by atoms with Crippen LogP contribution in [0.2, 0.25) is 0 Å². The molecule has 1 aliphatic carbocycles. The van der Waals surface area contributed by atoms with Crippen molar-refractivity contribution in [2.24, 2.45) is 0 Å². The van der Waals surface area contributed by atoms with Crippen molar-refractivity contribution < 1.29 is 10.2 Å². The minimum atomic E-state index is -0.0789. The van der Waals surface area contributed by atoms with E-state index in [9.17, 15) is 5.11 Å². The third-order valence-electron chi connectivity index (χ3n) is 2.09. The van der Waals surface area contributed by atoms with Crippen LogP contribution in [0.1, 0.15) is 11.1 Å². The van der Waals surface area contributed by atoms with Gasteiger partial charge in [-0.15, -0.1) is 0 Å². The van der Waals surface area contributed by atoms with Gasteiger partial charge in [-0.3, -0.25) is 0 Å². The van der Waals surface area contributed by atoms with Gasteiger partial charge in [0.2, 0.25) is 0 Å². The number of aromatic hydroxyl groups is 2. The topological polar surface area (TPSA) is 53.4 Å². The molecule has 0 radical (unpaired) electrons. The van der Waals surface area contributed by atoms with Crippen LogP contribution in [0.5, 0.6) is 10.5 Å². The number of hydrogen-bond acceptors (Lipinski definition) is 3. The van der Waals surface area contributed by atoms with Crippen LogP contribution < -0.4 is 0 Å². The van der Waals surface area contributed by atoms with Gasteiger partial charge in [-0.05, 0) is 0 Å². The van der Waals surface area contributed by atoms with Crippen LogP contribution in [0.4, 0.5) is 0 Å². The van der Waals surface area contributed by atoms with E-state index in [1.54, 1.807) is 0 Å². The van der Waals surface area contributed by atoms with Crippen molar-refractivity contribution in [2.75, 3.05) is 0 Å². The number of aromatic nitrogens is 1. The van der Waals surface area contributed by atoms with Gasteiger partial charge < -0.3 is 0 Å². The summed E-state index contributed by atoms with van der Waals surface area (Å²) in [5.41, 5.74) is 2.81. The van der Waals surface area contributed by atoms with E-state index in [1.807, 2.05) is 6.07 Å². The fourth-order valence-electron chi connectivity index (χ4n) is 1.41. The molecule has 0 aliphatic heterocycles. The summed E-state index contributed by atoms with van der Waals surface area (Å²) in [7, 11) is 0. The number of hydrogen-bond donors (Lipinski definition) is 2. The Kier molecular flexibility index (Phi) is 1.000. The van der Waals surface area contributed by atoms with Gasteiger partial charge in [0.05, 0.1) is 0 Å². The molecule has 0 amide bonds. The second-order valence-electron chi connectivity index (χ2n) is 2.88. The second kappa shape index (κ2) is 1.84. The summed E-state index contributed by atoms with van der Waals surface area (Å²) in [6.07, 6.45) is 0.894. The SMILES string of the molecule is Oc1nc2c(O)c3c(cc2[se]1)C3. The summed E-state index contributed by atoms with van der Waals surface area (Å²) in [5.74, 6) is 0.286. The summed E-state index contributed by atoms with van der Waals surface area (Å²) < 4.78 is 1.17. The van der Waals surface area contributed by atoms with Gasteiger partial charge in [0, 0.05) is 0 Å². The van der Waals surface area contributed by atoms with Crippen molar-refractivity contribution in [3.05, 3.63) is 17.2 Å². The molecule has 2 N–H and O–H groups in total. The first-order valence-corrected chi connectivity index (χ1v) is 5.30. The first-order chi connectivity index (χ1) is 5.75. The molecule has 3 nitrogen and oxygen atoms in total. The zero-order valence-electron chi connectivity index (χ0n) is 6.03. The van der Waals surface area contributed by atoms with Gasteiger partial charge in [-0.1, -0.05) is 0 Å². The van der Waals surface area contributed by atoms with Gasteiger partial charge in [-0.25, -0.2) is 0 Å². The molecule has 0 bridgehead atoms. The zero-order chi connectivity index (χ0) is 8.29. The molecular formula is C8H5NO2Se. The number of phenols is 1. The van der Waals surface area contributed by atoms with E-state index < -0.39 is 0 Å². The first kappa shape index (κ1) is 6.52. The van der Waals surface area contributed by atoms with Crippen molar-refractivity contribution in [2.45, 2.75) is 6.42 Å².